The second-order valence-corrected chi connectivity index (χ2v) is 3.25. The minimum Gasteiger partial charge on any atom is -0.397 e. The van der Waals surface area contributed by atoms with Crippen LogP contribution in [0.4, 0.5) is 18.9 Å². The Balaban J connectivity index is 2.87. The van der Waals surface area contributed by atoms with E-state index in [0.717, 1.165) is 6.07 Å². The number of imidazole rings is 1. The first kappa shape index (κ1) is 9.82. The zero-order valence-corrected chi connectivity index (χ0v) is 7.84. The Morgan fingerprint density at radius 1 is 1.33 bits per heavy atom. The first-order valence-electron chi connectivity index (χ1n) is 4.18. The lowest BCUT2D eigenvalue weighted by Crippen LogP contribution is -2.08. The number of nitrogen functional groups attached to an aromatic ring is 1. The molecule has 0 fully saturated rings. The van der Waals surface area contributed by atoms with Gasteiger partial charge in [0.1, 0.15) is 5.52 Å². The van der Waals surface area contributed by atoms with Crippen molar-refractivity contribution in [3.05, 3.63) is 24.0 Å². The van der Waals surface area contributed by atoms with Gasteiger partial charge >= 0.3 is 6.18 Å². The van der Waals surface area contributed by atoms with Crippen LogP contribution in [0.1, 0.15) is 5.56 Å². The minimum absolute atomic E-state index is 0.0162. The molecule has 3 nitrogen and oxygen atoms in total. The van der Waals surface area contributed by atoms with Crippen molar-refractivity contribution in [3.8, 4) is 0 Å². The number of nitrogens with two attached hydrogens (primary N) is 1. The van der Waals surface area contributed by atoms with Gasteiger partial charge in [-0.15, -0.1) is 0 Å². The van der Waals surface area contributed by atoms with E-state index >= 15 is 0 Å². The molecule has 0 atom stereocenters. The van der Waals surface area contributed by atoms with Crippen LogP contribution in [0.15, 0.2) is 18.5 Å². The predicted octanol–water partition coefficient (Wildman–Crippen LogP) is 2.17. The van der Waals surface area contributed by atoms with Crippen molar-refractivity contribution in [2.24, 2.45) is 7.05 Å². The molecule has 2 N–H and O–H groups in total. The summed E-state index contributed by atoms with van der Waals surface area (Å²) in [5.41, 5.74) is 5.27. The van der Waals surface area contributed by atoms with Crippen LogP contribution >= 0.6 is 0 Å². The third kappa shape index (κ3) is 1.42. The molecule has 0 unspecified atom stereocenters. The van der Waals surface area contributed by atoms with Crippen molar-refractivity contribution in [1.29, 1.82) is 0 Å². The van der Waals surface area contributed by atoms with E-state index in [1.54, 1.807) is 0 Å². The highest BCUT2D eigenvalue weighted by molar-refractivity contribution is 5.90. The number of anilines is 1. The van der Waals surface area contributed by atoms with Crippen LogP contribution in [0.5, 0.6) is 0 Å². The maximum Gasteiger partial charge on any atom is 0.418 e. The molecular formula is C9H8F3N3. The monoisotopic (exact) mass is 215 g/mol. The Morgan fingerprint density at radius 3 is 2.60 bits per heavy atom. The summed E-state index contributed by atoms with van der Waals surface area (Å²) >= 11 is 0. The van der Waals surface area contributed by atoms with Crippen LogP contribution in [-0.4, -0.2) is 9.55 Å². The molecule has 80 valence electrons. The average Bonchev–Trinajstić information content (AvgIpc) is 2.48. The van der Waals surface area contributed by atoms with Crippen molar-refractivity contribution >= 4 is 16.7 Å². The van der Waals surface area contributed by atoms with Gasteiger partial charge in [0.25, 0.3) is 0 Å². The number of fused-ring (bicyclic) bond motifs is 1. The normalized spacial score (nSPS) is 12.3. The smallest absolute Gasteiger partial charge is 0.397 e. The highest BCUT2D eigenvalue weighted by atomic mass is 19.4. The van der Waals surface area contributed by atoms with E-state index in [4.69, 9.17) is 5.73 Å². The van der Waals surface area contributed by atoms with Gasteiger partial charge in [-0.3, -0.25) is 0 Å². The molecule has 1 aromatic heterocycles. The molecule has 0 radical (unpaired) electrons. The summed E-state index contributed by atoms with van der Waals surface area (Å²) in [5.74, 6) is 0. The van der Waals surface area contributed by atoms with E-state index in [0.29, 0.717) is 0 Å². The molecule has 0 aliphatic carbocycles. The fraction of sp³-hybridized carbons (Fsp3) is 0.222. The largest absolute Gasteiger partial charge is 0.418 e. The fourth-order valence-corrected chi connectivity index (χ4v) is 1.52. The van der Waals surface area contributed by atoms with Crippen molar-refractivity contribution in [1.82, 2.24) is 9.55 Å². The first-order chi connectivity index (χ1) is 6.91. The number of rotatable bonds is 0. The molecule has 15 heavy (non-hydrogen) atoms. The number of halogens is 3. The van der Waals surface area contributed by atoms with E-state index in [2.05, 4.69) is 4.98 Å². The lowest BCUT2D eigenvalue weighted by molar-refractivity contribution is -0.136. The standard InChI is InChI=1S/C9H8F3N3/c1-15-4-14-7-6(13)3-2-5(8(7)15)9(10,11)12/h2-4H,13H2,1H3. The molecule has 0 spiro atoms. The summed E-state index contributed by atoms with van der Waals surface area (Å²) in [4.78, 5) is 3.83. The zero-order valence-electron chi connectivity index (χ0n) is 7.84. The molecule has 2 rings (SSSR count). The van der Waals surface area contributed by atoms with Crippen molar-refractivity contribution in [2.45, 2.75) is 6.18 Å². The minimum atomic E-state index is -4.39. The molecule has 2 aromatic rings. The number of alkyl halides is 3. The van der Waals surface area contributed by atoms with Crippen LogP contribution in [0, 0.1) is 0 Å². The topological polar surface area (TPSA) is 43.8 Å². The summed E-state index contributed by atoms with van der Waals surface area (Å²) in [6, 6.07) is 2.19. The Kier molecular flexibility index (Phi) is 1.89. The number of aryl methyl sites for hydroxylation is 1. The van der Waals surface area contributed by atoms with Gasteiger partial charge in [0.05, 0.1) is 23.1 Å². The maximum atomic E-state index is 12.6. The molecule has 0 saturated heterocycles. The van der Waals surface area contributed by atoms with Crippen LogP contribution < -0.4 is 5.73 Å². The second-order valence-electron chi connectivity index (χ2n) is 3.25. The number of nitrogens with zero attached hydrogens (tertiary/aromatic N) is 2. The Labute approximate surface area is 83.3 Å². The van der Waals surface area contributed by atoms with Gasteiger partial charge in [-0.25, -0.2) is 4.98 Å². The highest BCUT2D eigenvalue weighted by Gasteiger charge is 2.34. The molecule has 0 aliphatic rings. The van der Waals surface area contributed by atoms with Crippen molar-refractivity contribution in [2.75, 3.05) is 5.73 Å². The van der Waals surface area contributed by atoms with E-state index in [1.807, 2.05) is 0 Å². The third-order valence-corrected chi connectivity index (χ3v) is 2.20. The van der Waals surface area contributed by atoms with Crippen molar-refractivity contribution < 1.29 is 13.2 Å². The van der Waals surface area contributed by atoms with Crippen LogP contribution in [0.3, 0.4) is 0 Å². The van der Waals surface area contributed by atoms with Crippen LogP contribution in [0.2, 0.25) is 0 Å². The van der Waals surface area contributed by atoms with Crippen LogP contribution in [-0.2, 0) is 13.2 Å². The first-order valence-corrected chi connectivity index (χ1v) is 4.18. The molecule has 0 saturated carbocycles. The van der Waals surface area contributed by atoms with Crippen molar-refractivity contribution in [3.63, 3.8) is 0 Å². The number of hydrogen-bond acceptors (Lipinski definition) is 2. The number of aromatic nitrogens is 2. The van der Waals surface area contributed by atoms with Gasteiger partial charge in [-0.05, 0) is 12.1 Å². The van der Waals surface area contributed by atoms with Gasteiger partial charge in [0.2, 0.25) is 0 Å². The quantitative estimate of drug-likeness (QED) is 0.684. The van der Waals surface area contributed by atoms with Gasteiger partial charge < -0.3 is 10.3 Å². The van der Waals surface area contributed by atoms with E-state index < -0.39 is 11.7 Å². The Morgan fingerprint density at radius 2 is 2.00 bits per heavy atom. The molecule has 6 heteroatoms. The zero-order chi connectivity index (χ0) is 11.2. The molecule has 0 aliphatic heterocycles. The van der Waals surface area contributed by atoms with Crippen LogP contribution in [0.25, 0.3) is 11.0 Å². The lowest BCUT2D eigenvalue weighted by Gasteiger charge is -2.09. The third-order valence-electron chi connectivity index (χ3n) is 2.20. The predicted molar refractivity (Wildman–Crippen MR) is 50.1 cm³/mol. The molecule has 1 heterocycles. The van der Waals surface area contributed by atoms with E-state index in [1.165, 1.54) is 24.0 Å². The Bertz CT molecular complexity index is 513. The molecule has 0 amide bonds. The molecule has 1 aromatic carbocycles. The second kappa shape index (κ2) is 2.88. The summed E-state index contributed by atoms with van der Waals surface area (Å²) in [6.45, 7) is 0. The number of benzene rings is 1. The van der Waals surface area contributed by atoms with Gasteiger partial charge in [-0.1, -0.05) is 0 Å². The molecule has 0 bridgehead atoms. The average molecular weight is 215 g/mol. The SMILES string of the molecule is Cn1cnc2c(N)ccc(C(F)(F)F)c21. The summed E-state index contributed by atoms with van der Waals surface area (Å²) in [5, 5.41) is 0. The number of hydrogen-bond donors (Lipinski definition) is 1. The highest BCUT2D eigenvalue weighted by Crippen LogP contribution is 2.35. The van der Waals surface area contributed by atoms with Gasteiger partial charge in [-0.2, -0.15) is 13.2 Å². The molecular weight excluding hydrogens is 207 g/mol. The van der Waals surface area contributed by atoms with Gasteiger partial charge in [0, 0.05) is 7.05 Å². The fourth-order valence-electron chi connectivity index (χ4n) is 1.52. The van der Waals surface area contributed by atoms with E-state index in [9.17, 15) is 13.2 Å². The maximum absolute atomic E-state index is 12.6. The Hall–Kier alpha value is -1.72. The van der Waals surface area contributed by atoms with Gasteiger partial charge in [0.15, 0.2) is 0 Å². The van der Waals surface area contributed by atoms with E-state index in [-0.39, 0.29) is 16.7 Å². The lowest BCUT2D eigenvalue weighted by atomic mass is 10.1. The summed E-state index contributed by atoms with van der Waals surface area (Å²) in [7, 11) is 1.50. The summed E-state index contributed by atoms with van der Waals surface area (Å²) < 4.78 is 39.2. The summed E-state index contributed by atoms with van der Waals surface area (Å²) in [6.07, 6.45) is -3.07.